The summed E-state index contributed by atoms with van der Waals surface area (Å²) in [6.45, 7) is 0. The second-order valence-electron chi connectivity index (χ2n) is 6.03. The summed E-state index contributed by atoms with van der Waals surface area (Å²) in [4.78, 5) is 16.7. The molecule has 0 fully saturated rings. The van der Waals surface area contributed by atoms with E-state index >= 15 is 0 Å². The number of halogens is 1. The Kier molecular flexibility index (Phi) is 4.40. The summed E-state index contributed by atoms with van der Waals surface area (Å²) >= 11 is 2.27. The quantitative estimate of drug-likeness (QED) is 0.429. The Balaban J connectivity index is 1.99. The van der Waals surface area contributed by atoms with E-state index in [-0.39, 0.29) is 5.43 Å². The van der Waals surface area contributed by atoms with Gasteiger partial charge in [0.2, 0.25) is 0 Å². The van der Waals surface area contributed by atoms with Gasteiger partial charge in [0, 0.05) is 20.9 Å². The first-order valence-corrected chi connectivity index (χ1v) is 9.24. The van der Waals surface area contributed by atoms with E-state index in [2.05, 4.69) is 39.7 Å². The molecule has 0 saturated carbocycles. The number of nitrogens with one attached hydrogen (secondary N) is 1. The molecule has 0 saturated heterocycles. The van der Waals surface area contributed by atoms with Crippen LogP contribution in [0.5, 0.6) is 0 Å². The molecule has 1 N–H and O–H groups in total. The summed E-state index contributed by atoms with van der Waals surface area (Å²) in [6, 6.07) is 26.1. The molecule has 0 unspecified atom stereocenters. The van der Waals surface area contributed by atoms with Gasteiger partial charge >= 0.3 is 0 Å². The maximum Gasteiger partial charge on any atom is 0.193 e. The van der Waals surface area contributed by atoms with Crippen molar-refractivity contribution in [3.63, 3.8) is 0 Å². The molecule has 1 aromatic heterocycles. The van der Waals surface area contributed by atoms with Gasteiger partial charge in [-0.3, -0.25) is 4.79 Å². The third kappa shape index (κ3) is 3.24. The van der Waals surface area contributed by atoms with E-state index in [9.17, 15) is 4.79 Å². The molecule has 4 rings (SSSR count). The van der Waals surface area contributed by atoms with Crippen LogP contribution in [0.3, 0.4) is 0 Å². The lowest BCUT2D eigenvalue weighted by Crippen LogP contribution is -2.13. The van der Waals surface area contributed by atoms with Crippen molar-refractivity contribution in [3.05, 3.63) is 104 Å². The molecule has 4 aromatic rings. The highest BCUT2D eigenvalue weighted by Gasteiger charge is 2.14. The van der Waals surface area contributed by atoms with Crippen LogP contribution < -0.4 is 5.43 Å². The number of H-pyrrole nitrogens is 1. The molecule has 0 spiro atoms. The van der Waals surface area contributed by atoms with Gasteiger partial charge in [0.1, 0.15) is 0 Å². The number of aromatic amines is 1. The number of aromatic nitrogens is 1. The highest BCUT2D eigenvalue weighted by Crippen LogP contribution is 2.25. The van der Waals surface area contributed by atoms with Crippen molar-refractivity contribution in [2.45, 2.75) is 6.42 Å². The van der Waals surface area contributed by atoms with Gasteiger partial charge in [0.25, 0.3) is 0 Å². The molecule has 0 radical (unpaired) electrons. The largest absolute Gasteiger partial charge is 0.354 e. The van der Waals surface area contributed by atoms with E-state index < -0.39 is 0 Å². The van der Waals surface area contributed by atoms with E-state index in [0.717, 1.165) is 36.9 Å². The standard InChI is InChI=1S/C22H16INO/c23-17-11-12-18-20(14-17)24-21(16-9-5-2-6-10-16)19(22(18)25)13-15-7-3-1-4-8-15/h1-12,14H,13H2,(H,24,25). The summed E-state index contributed by atoms with van der Waals surface area (Å²) in [5.41, 5.74) is 4.87. The van der Waals surface area contributed by atoms with Gasteiger partial charge < -0.3 is 4.98 Å². The second-order valence-corrected chi connectivity index (χ2v) is 7.27. The lowest BCUT2D eigenvalue weighted by Gasteiger charge is -2.12. The fraction of sp³-hybridized carbons (Fsp3) is 0.0455. The second kappa shape index (κ2) is 6.84. The molecular weight excluding hydrogens is 421 g/mol. The SMILES string of the molecule is O=c1c(Cc2ccccc2)c(-c2ccccc2)[nH]c2cc(I)ccc12. The average molecular weight is 437 g/mol. The van der Waals surface area contributed by atoms with E-state index in [1.165, 1.54) is 0 Å². The summed E-state index contributed by atoms with van der Waals surface area (Å²) < 4.78 is 1.11. The fourth-order valence-corrected chi connectivity index (χ4v) is 3.62. The van der Waals surface area contributed by atoms with E-state index in [1.54, 1.807) is 0 Å². The number of fused-ring (bicyclic) bond motifs is 1. The molecule has 1 heterocycles. The number of pyridine rings is 1. The maximum absolute atomic E-state index is 13.2. The van der Waals surface area contributed by atoms with Crippen molar-refractivity contribution in [3.8, 4) is 11.3 Å². The normalized spacial score (nSPS) is 10.9. The minimum Gasteiger partial charge on any atom is -0.354 e. The molecular formula is C22H16INO. The van der Waals surface area contributed by atoms with Gasteiger partial charge in [-0.2, -0.15) is 0 Å². The molecule has 2 nitrogen and oxygen atoms in total. The van der Waals surface area contributed by atoms with E-state index in [1.807, 2.05) is 66.7 Å². The van der Waals surface area contributed by atoms with Gasteiger partial charge in [-0.25, -0.2) is 0 Å². The molecule has 0 aliphatic heterocycles. The first kappa shape index (κ1) is 16.1. The zero-order chi connectivity index (χ0) is 17.2. The fourth-order valence-electron chi connectivity index (χ4n) is 3.12. The first-order valence-electron chi connectivity index (χ1n) is 8.16. The zero-order valence-electron chi connectivity index (χ0n) is 13.5. The summed E-state index contributed by atoms with van der Waals surface area (Å²) in [7, 11) is 0. The molecule has 0 amide bonds. The van der Waals surface area contributed by atoms with Crippen molar-refractivity contribution in [1.29, 1.82) is 0 Å². The Morgan fingerprint density at radius 3 is 2.24 bits per heavy atom. The van der Waals surface area contributed by atoms with Crippen molar-refractivity contribution in [2.24, 2.45) is 0 Å². The highest BCUT2D eigenvalue weighted by atomic mass is 127. The monoisotopic (exact) mass is 437 g/mol. The molecule has 3 heteroatoms. The van der Waals surface area contributed by atoms with E-state index in [4.69, 9.17) is 0 Å². The maximum atomic E-state index is 13.2. The third-order valence-corrected chi connectivity index (χ3v) is 5.02. The predicted molar refractivity (Wildman–Crippen MR) is 112 cm³/mol. The summed E-state index contributed by atoms with van der Waals surface area (Å²) in [5, 5.41) is 0.742. The highest BCUT2D eigenvalue weighted by molar-refractivity contribution is 14.1. The Labute approximate surface area is 159 Å². The van der Waals surface area contributed by atoms with Gasteiger partial charge in [0.05, 0.1) is 11.2 Å². The molecule has 3 aromatic carbocycles. The minimum atomic E-state index is 0.104. The van der Waals surface area contributed by atoms with Crippen LogP contribution in [0.15, 0.2) is 83.7 Å². The molecule has 122 valence electrons. The third-order valence-electron chi connectivity index (χ3n) is 4.35. The van der Waals surface area contributed by atoms with Gasteiger partial charge in [0.15, 0.2) is 5.43 Å². The Morgan fingerprint density at radius 2 is 1.52 bits per heavy atom. The lowest BCUT2D eigenvalue weighted by molar-refractivity contribution is 1.15. The zero-order valence-corrected chi connectivity index (χ0v) is 15.7. The van der Waals surface area contributed by atoms with E-state index in [0.29, 0.717) is 6.42 Å². The van der Waals surface area contributed by atoms with Gasteiger partial charge in [-0.15, -0.1) is 0 Å². The predicted octanol–water partition coefficient (Wildman–Crippen LogP) is 5.39. The van der Waals surface area contributed by atoms with Crippen LogP contribution in [0.2, 0.25) is 0 Å². The number of hydrogen-bond donors (Lipinski definition) is 1. The van der Waals surface area contributed by atoms with Crippen LogP contribution in [0.1, 0.15) is 11.1 Å². The summed E-state index contributed by atoms with van der Waals surface area (Å²) in [6.07, 6.45) is 0.613. The lowest BCUT2D eigenvalue weighted by atomic mass is 9.97. The van der Waals surface area contributed by atoms with Crippen LogP contribution in [-0.4, -0.2) is 4.98 Å². The van der Waals surface area contributed by atoms with Crippen LogP contribution in [0.4, 0.5) is 0 Å². The molecule has 0 aliphatic rings. The van der Waals surface area contributed by atoms with Crippen LogP contribution in [0.25, 0.3) is 22.2 Å². The Bertz CT molecular complexity index is 1090. The van der Waals surface area contributed by atoms with Crippen molar-refractivity contribution >= 4 is 33.5 Å². The Morgan fingerprint density at radius 1 is 0.840 bits per heavy atom. The van der Waals surface area contributed by atoms with Gasteiger partial charge in [-0.1, -0.05) is 60.7 Å². The van der Waals surface area contributed by atoms with Crippen molar-refractivity contribution in [2.75, 3.05) is 0 Å². The smallest absolute Gasteiger partial charge is 0.193 e. The molecule has 25 heavy (non-hydrogen) atoms. The van der Waals surface area contributed by atoms with Gasteiger partial charge in [-0.05, 0) is 51.9 Å². The topological polar surface area (TPSA) is 32.9 Å². The number of rotatable bonds is 3. The number of benzene rings is 3. The molecule has 0 bridgehead atoms. The molecule has 0 atom stereocenters. The first-order chi connectivity index (χ1) is 12.2. The van der Waals surface area contributed by atoms with Crippen molar-refractivity contribution in [1.82, 2.24) is 4.98 Å². The van der Waals surface area contributed by atoms with Crippen LogP contribution in [-0.2, 0) is 6.42 Å². The average Bonchev–Trinajstić information content (AvgIpc) is 2.65. The number of hydrogen-bond acceptors (Lipinski definition) is 1. The minimum absolute atomic E-state index is 0.104. The van der Waals surface area contributed by atoms with Crippen LogP contribution >= 0.6 is 22.6 Å². The van der Waals surface area contributed by atoms with Crippen molar-refractivity contribution < 1.29 is 0 Å². The van der Waals surface area contributed by atoms with Crippen LogP contribution in [0, 0.1) is 3.57 Å². The molecule has 0 aliphatic carbocycles. The Hall–Kier alpha value is -2.40. The summed E-state index contributed by atoms with van der Waals surface area (Å²) in [5.74, 6) is 0.